The Morgan fingerprint density at radius 2 is 2.04 bits per heavy atom. The molecule has 23 heavy (non-hydrogen) atoms. The van der Waals surface area contributed by atoms with Crippen molar-refractivity contribution in [2.24, 2.45) is 0 Å². The molecule has 3 rings (SSSR count). The van der Waals surface area contributed by atoms with Gasteiger partial charge in [-0.05, 0) is 30.2 Å². The number of benzene rings is 2. The van der Waals surface area contributed by atoms with Gasteiger partial charge in [-0.15, -0.1) is 0 Å². The fraction of sp³-hybridized carbons (Fsp3) is 0.368. The molecule has 0 unspecified atom stereocenters. The third-order valence-electron chi connectivity index (χ3n) is 3.99. The van der Waals surface area contributed by atoms with E-state index >= 15 is 0 Å². The molecule has 1 atom stereocenters. The van der Waals surface area contributed by atoms with Crippen molar-refractivity contribution in [3.05, 3.63) is 64.1 Å². The Labute approximate surface area is 146 Å². The minimum Gasteiger partial charge on any atom is -0.489 e. The van der Waals surface area contributed by atoms with E-state index in [1.54, 1.807) is 0 Å². The summed E-state index contributed by atoms with van der Waals surface area (Å²) in [6, 6.07) is 16.5. The fourth-order valence-electron chi connectivity index (χ4n) is 2.76. The third-order valence-corrected chi connectivity index (χ3v) is 4.73. The Hall–Kier alpha value is -1.36. The molecule has 1 fully saturated rings. The second-order valence-corrected chi connectivity index (χ2v) is 6.80. The van der Waals surface area contributed by atoms with Gasteiger partial charge in [-0.1, -0.05) is 52.3 Å². The van der Waals surface area contributed by atoms with Crippen LogP contribution in [0.5, 0.6) is 5.75 Å². The molecule has 0 aromatic heterocycles. The molecule has 2 aromatic carbocycles. The Kier molecular flexibility index (Phi) is 5.70. The number of nitrogens with zero attached hydrogens (tertiary/aromatic N) is 1. The van der Waals surface area contributed by atoms with E-state index in [0.29, 0.717) is 12.7 Å². The fourth-order valence-corrected chi connectivity index (χ4v) is 3.25. The van der Waals surface area contributed by atoms with Crippen molar-refractivity contribution in [3.8, 4) is 5.75 Å². The molecule has 122 valence electrons. The van der Waals surface area contributed by atoms with Crippen LogP contribution in [-0.4, -0.2) is 30.7 Å². The normalized spacial score (nSPS) is 18.8. The van der Waals surface area contributed by atoms with Crippen molar-refractivity contribution in [3.63, 3.8) is 0 Å². The summed E-state index contributed by atoms with van der Waals surface area (Å²) in [7, 11) is 0. The van der Waals surface area contributed by atoms with Crippen LogP contribution >= 0.6 is 15.9 Å². The summed E-state index contributed by atoms with van der Waals surface area (Å²) in [6.45, 7) is 6.45. The van der Waals surface area contributed by atoms with Gasteiger partial charge in [0, 0.05) is 24.1 Å². The van der Waals surface area contributed by atoms with Crippen molar-refractivity contribution in [1.29, 1.82) is 0 Å². The topological polar surface area (TPSA) is 21.7 Å². The summed E-state index contributed by atoms with van der Waals surface area (Å²) in [5.74, 6) is 0.889. The highest BCUT2D eigenvalue weighted by molar-refractivity contribution is 9.10. The van der Waals surface area contributed by atoms with Crippen molar-refractivity contribution in [2.75, 3.05) is 19.7 Å². The minimum absolute atomic E-state index is 0.316. The molecular formula is C19H22BrNO2. The predicted molar refractivity (Wildman–Crippen MR) is 95.6 cm³/mol. The van der Waals surface area contributed by atoms with Gasteiger partial charge in [-0.3, -0.25) is 4.90 Å². The number of ether oxygens (including phenoxy) is 2. The van der Waals surface area contributed by atoms with Gasteiger partial charge < -0.3 is 9.47 Å². The Bertz CT molecular complexity index is 633. The first-order chi connectivity index (χ1) is 11.2. The van der Waals surface area contributed by atoms with Crippen LogP contribution in [0.4, 0.5) is 0 Å². The molecule has 0 spiro atoms. The van der Waals surface area contributed by atoms with Crippen LogP contribution in [0.25, 0.3) is 0 Å². The molecule has 1 aliphatic heterocycles. The van der Waals surface area contributed by atoms with Gasteiger partial charge in [-0.25, -0.2) is 0 Å². The standard InChI is InChI=1S/C19H22BrNO2/c1-15-12-21(9-10-22-15)13-17-7-8-18(11-19(17)20)23-14-16-5-3-2-4-6-16/h2-8,11,15H,9-10,12-14H2,1H3/t15-/m1/s1. The Morgan fingerprint density at radius 3 is 2.78 bits per heavy atom. The molecule has 1 saturated heterocycles. The average molecular weight is 376 g/mol. The Morgan fingerprint density at radius 1 is 1.22 bits per heavy atom. The molecule has 0 aliphatic carbocycles. The molecule has 1 aliphatic rings. The van der Waals surface area contributed by atoms with Crippen LogP contribution in [0.2, 0.25) is 0 Å². The van der Waals surface area contributed by atoms with Crippen LogP contribution in [-0.2, 0) is 17.9 Å². The molecule has 0 amide bonds. The molecule has 0 radical (unpaired) electrons. The summed E-state index contributed by atoms with van der Waals surface area (Å²) in [5.41, 5.74) is 2.46. The third kappa shape index (κ3) is 4.80. The largest absolute Gasteiger partial charge is 0.489 e. The minimum atomic E-state index is 0.316. The van der Waals surface area contributed by atoms with E-state index in [1.165, 1.54) is 11.1 Å². The molecule has 2 aromatic rings. The highest BCUT2D eigenvalue weighted by Crippen LogP contribution is 2.25. The van der Waals surface area contributed by atoms with E-state index in [0.717, 1.165) is 36.5 Å². The average Bonchev–Trinajstić information content (AvgIpc) is 2.56. The van der Waals surface area contributed by atoms with Crippen molar-refractivity contribution in [2.45, 2.75) is 26.2 Å². The molecule has 0 N–H and O–H groups in total. The zero-order valence-corrected chi connectivity index (χ0v) is 15.0. The molecular weight excluding hydrogens is 354 g/mol. The summed E-state index contributed by atoms with van der Waals surface area (Å²) in [6.07, 6.45) is 0.316. The maximum absolute atomic E-state index is 5.87. The lowest BCUT2D eigenvalue weighted by Gasteiger charge is -2.31. The van der Waals surface area contributed by atoms with Crippen molar-refractivity contribution < 1.29 is 9.47 Å². The van der Waals surface area contributed by atoms with Gasteiger partial charge in [0.25, 0.3) is 0 Å². The van der Waals surface area contributed by atoms with Crippen LogP contribution < -0.4 is 4.74 Å². The lowest BCUT2D eigenvalue weighted by atomic mass is 10.2. The lowest BCUT2D eigenvalue weighted by Crippen LogP contribution is -2.40. The van der Waals surface area contributed by atoms with Crippen LogP contribution in [0, 0.1) is 0 Å². The lowest BCUT2D eigenvalue weighted by molar-refractivity contribution is -0.0212. The summed E-state index contributed by atoms with van der Waals surface area (Å²) in [4.78, 5) is 2.43. The van der Waals surface area contributed by atoms with Crippen molar-refractivity contribution in [1.82, 2.24) is 4.90 Å². The maximum atomic E-state index is 5.87. The summed E-state index contributed by atoms with van der Waals surface area (Å²) >= 11 is 3.68. The van der Waals surface area contributed by atoms with Gasteiger partial charge in [0.1, 0.15) is 12.4 Å². The van der Waals surface area contributed by atoms with Gasteiger partial charge >= 0.3 is 0 Å². The molecule has 4 heteroatoms. The van der Waals surface area contributed by atoms with E-state index in [9.17, 15) is 0 Å². The highest BCUT2D eigenvalue weighted by Gasteiger charge is 2.17. The Balaban J connectivity index is 1.59. The zero-order valence-electron chi connectivity index (χ0n) is 13.4. The van der Waals surface area contributed by atoms with Gasteiger partial charge in [0.15, 0.2) is 0 Å². The first-order valence-electron chi connectivity index (χ1n) is 8.00. The van der Waals surface area contributed by atoms with Crippen LogP contribution in [0.3, 0.4) is 0 Å². The van der Waals surface area contributed by atoms with Gasteiger partial charge in [0.2, 0.25) is 0 Å². The number of hydrogen-bond acceptors (Lipinski definition) is 3. The van der Waals surface area contributed by atoms with E-state index in [4.69, 9.17) is 9.47 Å². The second-order valence-electron chi connectivity index (χ2n) is 5.94. The van der Waals surface area contributed by atoms with Crippen molar-refractivity contribution >= 4 is 15.9 Å². The monoisotopic (exact) mass is 375 g/mol. The maximum Gasteiger partial charge on any atom is 0.120 e. The smallest absolute Gasteiger partial charge is 0.120 e. The molecule has 1 heterocycles. The first kappa shape index (κ1) is 16.5. The summed E-state index contributed by atoms with van der Waals surface area (Å²) < 4.78 is 12.6. The van der Waals surface area contributed by atoms with Gasteiger partial charge in [-0.2, -0.15) is 0 Å². The highest BCUT2D eigenvalue weighted by atomic mass is 79.9. The van der Waals surface area contributed by atoms with E-state index in [1.807, 2.05) is 24.3 Å². The first-order valence-corrected chi connectivity index (χ1v) is 8.79. The molecule has 0 saturated carbocycles. The quantitative estimate of drug-likeness (QED) is 0.779. The molecule has 0 bridgehead atoms. The molecule has 3 nitrogen and oxygen atoms in total. The van der Waals surface area contributed by atoms with E-state index < -0.39 is 0 Å². The number of halogens is 1. The summed E-state index contributed by atoms with van der Waals surface area (Å²) in [5, 5.41) is 0. The van der Waals surface area contributed by atoms with Crippen LogP contribution in [0.1, 0.15) is 18.1 Å². The second kappa shape index (κ2) is 7.95. The number of rotatable bonds is 5. The van der Waals surface area contributed by atoms with E-state index in [-0.39, 0.29) is 0 Å². The predicted octanol–water partition coefficient (Wildman–Crippen LogP) is 4.25. The number of hydrogen-bond donors (Lipinski definition) is 0. The van der Waals surface area contributed by atoms with Gasteiger partial charge in [0.05, 0.1) is 12.7 Å². The SMILES string of the molecule is C[C@@H]1CN(Cc2ccc(OCc3ccccc3)cc2Br)CCO1. The number of morpholine rings is 1. The van der Waals surface area contributed by atoms with Crippen LogP contribution in [0.15, 0.2) is 53.0 Å². The van der Waals surface area contributed by atoms with E-state index in [2.05, 4.69) is 52.0 Å². The zero-order chi connectivity index (χ0) is 16.1.